The minimum absolute atomic E-state index is 0.511. The molecule has 1 heterocycles. The van der Waals surface area contributed by atoms with E-state index in [0.29, 0.717) is 6.04 Å². The molecule has 0 saturated carbocycles. The van der Waals surface area contributed by atoms with Gasteiger partial charge in [-0.15, -0.1) is 0 Å². The maximum atomic E-state index is 4.18. The summed E-state index contributed by atoms with van der Waals surface area (Å²) in [7, 11) is 1.92. The third kappa shape index (κ3) is 2.60. The molecule has 0 aromatic carbocycles. The molecule has 0 aliphatic rings. The summed E-state index contributed by atoms with van der Waals surface area (Å²) in [5.41, 5.74) is 1.20. The first-order valence-corrected chi connectivity index (χ1v) is 4.80. The highest BCUT2D eigenvalue weighted by Gasteiger charge is 2.03. The van der Waals surface area contributed by atoms with Gasteiger partial charge >= 0.3 is 0 Å². The third-order valence-electron chi connectivity index (χ3n) is 1.55. The average Bonchev–Trinajstić information content (AvgIpc) is 2.26. The van der Waals surface area contributed by atoms with Crippen LogP contribution in [0.25, 0.3) is 0 Å². The zero-order valence-electron chi connectivity index (χ0n) is 7.63. The molecule has 0 aliphatic heterocycles. The molecule has 0 aliphatic carbocycles. The Labute approximate surface area is 81.3 Å². The summed E-state index contributed by atoms with van der Waals surface area (Å²) in [6, 6.07) is 0.511. The Morgan fingerprint density at radius 1 is 1.67 bits per heavy atom. The summed E-state index contributed by atoms with van der Waals surface area (Å²) < 4.78 is 2.74. The van der Waals surface area contributed by atoms with Crippen LogP contribution in [0.15, 0.2) is 10.8 Å². The molecule has 0 unspecified atom stereocenters. The van der Waals surface area contributed by atoms with Crippen LogP contribution in [0.1, 0.15) is 19.4 Å². The molecule has 68 valence electrons. The second kappa shape index (κ2) is 4.05. The van der Waals surface area contributed by atoms with Gasteiger partial charge in [0.1, 0.15) is 4.60 Å². The SMILES string of the molecule is CC(C)NCc1cn(C)nc1Br. The van der Waals surface area contributed by atoms with Crippen LogP contribution in [-0.2, 0) is 13.6 Å². The molecule has 1 N–H and O–H groups in total. The summed E-state index contributed by atoms with van der Waals surface area (Å²) in [6.07, 6.45) is 2.01. The lowest BCUT2D eigenvalue weighted by Gasteiger charge is -2.05. The van der Waals surface area contributed by atoms with Crippen LogP contribution < -0.4 is 5.32 Å². The normalized spacial score (nSPS) is 11.1. The predicted octanol–water partition coefficient (Wildman–Crippen LogP) is 1.68. The van der Waals surface area contributed by atoms with Gasteiger partial charge in [0.2, 0.25) is 0 Å². The van der Waals surface area contributed by atoms with Crippen LogP contribution in [0, 0.1) is 0 Å². The van der Waals surface area contributed by atoms with Gasteiger partial charge in [0.05, 0.1) is 0 Å². The van der Waals surface area contributed by atoms with Crippen molar-refractivity contribution in [2.45, 2.75) is 26.4 Å². The molecule has 0 spiro atoms. The van der Waals surface area contributed by atoms with Crippen LogP contribution in [0.3, 0.4) is 0 Å². The van der Waals surface area contributed by atoms with E-state index in [4.69, 9.17) is 0 Å². The molecule has 0 radical (unpaired) electrons. The first-order valence-electron chi connectivity index (χ1n) is 4.01. The lowest BCUT2D eigenvalue weighted by molar-refractivity contribution is 0.587. The second-order valence-corrected chi connectivity index (χ2v) is 3.91. The van der Waals surface area contributed by atoms with E-state index < -0.39 is 0 Å². The molecule has 3 nitrogen and oxygen atoms in total. The molecule has 1 rings (SSSR count). The lowest BCUT2D eigenvalue weighted by atomic mass is 10.3. The third-order valence-corrected chi connectivity index (χ3v) is 2.22. The molecular weight excluding hydrogens is 218 g/mol. The van der Waals surface area contributed by atoms with E-state index in [2.05, 4.69) is 40.2 Å². The fourth-order valence-electron chi connectivity index (χ4n) is 0.943. The fourth-order valence-corrected chi connectivity index (χ4v) is 1.44. The Bertz CT molecular complexity index is 255. The molecule has 0 atom stereocenters. The molecular formula is C8H14BrN3. The molecule has 0 fully saturated rings. The molecule has 1 aromatic heterocycles. The zero-order valence-corrected chi connectivity index (χ0v) is 9.22. The summed E-state index contributed by atoms with van der Waals surface area (Å²) in [6.45, 7) is 5.13. The highest BCUT2D eigenvalue weighted by Crippen LogP contribution is 2.12. The molecule has 0 saturated heterocycles. The highest BCUT2D eigenvalue weighted by atomic mass is 79.9. The fraction of sp³-hybridized carbons (Fsp3) is 0.625. The van der Waals surface area contributed by atoms with E-state index in [0.717, 1.165) is 11.1 Å². The van der Waals surface area contributed by atoms with Crippen LogP contribution in [0.2, 0.25) is 0 Å². The van der Waals surface area contributed by atoms with Gasteiger partial charge in [-0.3, -0.25) is 4.68 Å². The Balaban J connectivity index is 2.57. The first-order chi connectivity index (χ1) is 5.59. The van der Waals surface area contributed by atoms with Crippen molar-refractivity contribution in [3.63, 3.8) is 0 Å². The Morgan fingerprint density at radius 3 is 2.75 bits per heavy atom. The first kappa shape index (κ1) is 9.74. The van der Waals surface area contributed by atoms with Gasteiger partial charge in [0, 0.05) is 31.4 Å². The van der Waals surface area contributed by atoms with E-state index in [-0.39, 0.29) is 0 Å². The Hall–Kier alpha value is -0.350. The highest BCUT2D eigenvalue weighted by molar-refractivity contribution is 9.10. The number of rotatable bonds is 3. The van der Waals surface area contributed by atoms with E-state index in [9.17, 15) is 0 Å². The number of hydrogen-bond acceptors (Lipinski definition) is 2. The van der Waals surface area contributed by atoms with Crippen LogP contribution in [-0.4, -0.2) is 15.8 Å². The minimum Gasteiger partial charge on any atom is -0.310 e. The molecule has 12 heavy (non-hydrogen) atoms. The van der Waals surface area contributed by atoms with Crippen LogP contribution in [0.4, 0.5) is 0 Å². The quantitative estimate of drug-likeness (QED) is 0.859. The Kier molecular flexibility index (Phi) is 3.29. The zero-order chi connectivity index (χ0) is 9.14. The maximum Gasteiger partial charge on any atom is 0.132 e. The predicted molar refractivity (Wildman–Crippen MR) is 52.9 cm³/mol. The van der Waals surface area contributed by atoms with Crippen molar-refractivity contribution in [2.24, 2.45) is 7.05 Å². The number of aryl methyl sites for hydroxylation is 1. The van der Waals surface area contributed by atoms with Gasteiger partial charge in [-0.05, 0) is 15.9 Å². The van der Waals surface area contributed by atoms with Gasteiger partial charge in [-0.25, -0.2) is 0 Å². The number of nitrogens with zero attached hydrogens (tertiary/aromatic N) is 2. The topological polar surface area (TPSA) is 29.9 Å². The second-order valence-electron chi connectivity index (χ2n) is 3.15. The molecule has 0 amide bonds. The van der Waals surface area contributed by atoms with Gasteiger partial charge in [-0.2, -0.15) is 5.10 Å². The van der Waals surface area contributed by atoms with Gasteiger partial charge < -0.3 is 5.32 Å². The van der Waals surface area contributed by atoms with Crippen molar-refractivity contribution in [3.8, 4) is 0 Å². The standard InChI is InChI=1S/C8H14BrN3/c1-6(2)10-4-7-5-12(3)11-8(7)9/h5-6,10H,4H2,1-3H3. The molecule has 4 heteroatoms. The van der Waals surface area contributed by atoms with E-state index in [1.807, 2.05) is 13.2 Å². The monoisotopic (exact) mass is 231 g/mol. The summed E-state index contributed by atoms with van der Waals surface area (Å²) in [4.78, 5) is 0. The van der Waals surface area contributed by atoms with Crippen molar-refractivity contribution in [2.75, 3.05) is 0 Å². The van der Waals surface area contributed by atoms with Gasteiger partial charge in [0.25, 0.3) is 0 Å². The summed E-state index contributed by atoms with van der Waals surface area (Å²) >= 11 is 3.40. The summed E-state index contributed by atoms with van der Waals surface area (Å²) in [5.74, 6) is 0. The lowest BCUT2D eigenvalue weighted by Crippen LogP contribution is -2.21. The van der Waals surface area contributed by atoms with E-state index in [1.54, 1.807) is 4.68 Å². The number of halogens is 1. The van der Waals surface area contributed by atoms with Crippen LogP contribution in [0.5, 0.6) is 0 Å². The number of nitrogens with one attached hydrogen (secondary N) is 1. The van der Waals surface area contributed by atoms with Crippen molar-refractivity contribution in [3.05, 3.63) is 16.4 Å². The minimum atomic E-state index is 0.511. The van der Waals surface area contributed by atoms with Gasteiger partial charge in [0.15, 0.2) is 0 Å². The smallest absolute Gasteiger partial charge is 0.132 e. The average molecular weight is 232 g/mol. The molecule has 1 aromatic rings. The van der Waals surface area contributed by atoms with E-state index >= 15 is 0 Å². The van der Waals surface area contributed by atoms with Gasteiger partial charge in [-0.1, -0.05) is 13.8 Å². The number of hydrogen-bond donors (Lipinski definition) is 1. The van der Waals surface area contributed by atoms with Crippen molar-refractivity contribution in [1.29, 1.82) is 0 Å². The summed E-state index contributed by atoms with van der Waals surface area (Å²) in [5, 5.41) is 7.51. The largest absolute Gasteiger partial charge is 0.310 e. The number of aromatic nitrogens is 2. The van der Waals surface area contributed by atoms with Crippen LogP contribution >= 0.6 is 15.9 Å². The van der Waals surface area contributed by atoms with Crippen molar-refractivity contribution in [1.82, 2.24) is 15.1 Å². The van der Waals surface area contributed by atoms with Crippen molar-refractivity contribution >= 4 is 15.9 Å². The van der Waals surface area contributed by atoms with Crippen molar-refractivity contribution < 1.29 is 0 Å². The maximum absolute atomic E-state index is 4.18. The van der Waals surface area contributed by atoms with E-state index in [1.165, 1.54) is 5.56 Å². The Morgan fingerprint density at radius 2 is 2.33 bits per heavy atom. The molecule has 0 bridgehead atoms.